The van der Waals surface area contributed by atoms with Crippen LogP contribution in [0.15, 0.2) is 47.6 Å². The quantitative estimate of drug-likeness (QED) is 0.514. The van der Waals surface area contributed by atoms with Crippen molar-refractivity contribution in [2.45, 2.75) is 57.8 Å². The van der Waals surface area contributed by atoms with E-state index in [-0.39, 0.29) is 11.7 Å². The number of nitrogens with one attached hydrogen (secondary N) is 1. The van der Waals surface area contributed by atoms with Crippen molar-refractivity contribution in [1.29, 1.82) is 0 Å². The first-order valence-electron chi connectivity index (χ1n) is 10.8. The van der Waals surface area contributed by atoms with Gasteiger partial charge in [0.1, 0.15) is 12.4 Å². The third kappa shape index (κ3) is 5.28. The second-order valence-corrected chi connectivity index (χ2v) is 8.66. The molecule has 0 saturated heterocycles. The fourth-order valence-electron chi connectivity index (χ4n) is 3.83. The molecule has 0 aliphatic heterocycles. The van der Waals surface area contributed by atoms with Crippen molar-refractivity contribution >= 4 is 23.4 Å². The van der Waals surface area contributed by atoms with Crippen molar-refractivity contribution in [2.75, 3.05) is 11.1 Å². The normalized spacial score (nSPS) is 13.0. The van der Waals surface area contributed by atoms with Crippen molar-refractivity contribution in [3.8, 4) is 5.75 Å². The number of benzene rings is 2. The minimum atomic E-state index is -0.0585. The molecule has 2 aromatic carbocycles. The highest BCUT2D eigenvalue weighted by Crippen LogP contribution is 2.26. The number of carbonyl (C=O) groups is 1. The van der Waals surface area contributed by atoms with Gasteiger partial charge in [0.15, 0.2) is 11.0 Å². The van der Waals surface area contributed by atoms with Crippen molar-refractivity contribution in [1.82, 2.24) is 14.8 Å². The van der Waals surface area contributed by atoms with E-state index in [1.54, 1.807) is 0 Å². The zero-order chi connectivity index (χ0) is 21.6. The van der Waals surface area contributed by atoms with Gasteiger partial charge in [0.2, 0.25) is 5.91 Å². The highest BCUT2D eigenvalue weighted by atomic mass is 32.2. The molecule has 162 valence electrons. The zero-order valence-corrected chi connectivity index (χ0v) is 18.9. The number of ether oxygens (including phenoxy) is 1. The number of hydrogen-bond donors (Lipinski definition) is 1. The van der Waals surface area contributed by atoms with Crippen LogP contribution in [-0.4, -0.2) is 26.4 Å². The monoisotopic (exact) mass is 436 g/mol. The summed E-state index contributed by atoms with van der Waals surface area (Å²) < 4.78 is 8.02. The average Bonchev–Trinajstić information content (AvgIpc) is 3.19. The summed E-state index contributed by atoms with van der Waals surface area (Å²) in [5, 5.41) is 12.3. The molecule has 1 aliphatic carbocycles. The first kappa shape index (κ1) is 21.4. The second kappa shape index (κ2) is 10.0. The van der Waals surface area contributed by atoms with E-state index in [0.717, 1.165) is 47.4 Å². The molecule has 1 aliphatic rings. The predicted octanol–water partition coefficient (Wildman–Crippen LogP) is 4.80. The van der Waals surface area contributed by atoms with Crippen molar-refractivity contribution in [3.63, 3.8) is 0 Å². The molecular formula is C24H28N4O2S. The Balaban J connectivity index is 1.35. The van der Waals surface area contributed by atoms with Crippen LogP contribution in [0.5, 0.6) is 5.75 Å². The maximum absolute atomic E-state index is 12.4. The lowest BCUT2D eigenvalue weighted by Crippen LogP contribution is -2.15. The molecule has 6 nitrogen and oxygen atoms in total. The maximum atomic E-state index is 12.4. The van der Waals surface area contributed by atoms with Gasteiger partial charge in [-0.2, -0.15) is 0 Å². The summed E-state index contributed by atoms with van der Waals surface area (Å²) in [7, 11) is 0. The van der Waals surface area contributed by atoms with E-state index in [4.69, 9.17) is 4.74 Å². The zero-order valence-electron chi connectivity index (χ0n) is 18.1. The van der Waals surface area contributed by atoms with Crippen LogP contribution < -0.4 is 10.1 Å². The number of thioether (sulfide) groups is 1. The van der Waals surface area contributed by atoms with Gasteiger partial charge in [0, 0.05) is 12.2 Å². The van der Waals surface area contributed by atoms with Crippen molar-refractivity contribution in [3.05, 3.63) is 65.0 Å². The molecule has 0 radical (unpaired) electrons. The fourth-order valence-corrected chi connectivity index (χ4v) is 4.65. The van der Waals surface area contributed by atoms with Crippen molar-refractivity contribution in [2.24, 2.45) is 0 Å². The minimum Gasteiger partial charge on any atom is -0.486 e. The van der Waals surface area contributed by atoms with E-state index in [1.165, 1.54) is 35.7 Å². The largest absolute Gasteiger partial charge is 0.486 e. The van der Waals surface area contributed by atoms with Gasteiger partial charge < -0.3 is 14.6 Å². The molecule has 1 aromatic heterocycles. The number of carbonyl (C=O) groups excluding carboxylic acids is 1. The third-order valence-electron chi connectivity index (χ3n) is 5.55. The molecule has 4 rings (SSSR count). The Kier molecular flexibility index (Phi) is 6.92. The van der Waals surface area contributed by atoms with Crippen LogP contribution in [0.4, 0.5) is 5.69 Å². The van der Waals surface area contributed by atoms with Gasteiger partial charge in [-0.1, -0.05) is 36.0 Å². The lowest BCUT2D eigenvalue weighted by molar-refractivity contribution is -0.113. The Bertz CT molecular complexity index is 1060. The molecule has 7 heteroatoms. The van der Waals surface area contributed by atoms with Crippen LogP contribution in [0.3, 0.4) is 0 Å². The molecule has 1 N–H and O–H groups in total. The standard InChI is InChI=1S/C24H28N4O2S/c1-3-28-22(15-30-20-13-12-18-9-5-6-10-19(18)14-20)26-27-24(28)31-16-23(29)25-21-11-7-4-8-17(21)2/h4,7-8,11-14H,3,5-6,9-10,15-16H2,1-2H3,(H,25,29). The number of aryl methyl sites for hydroxylation is 3. The third-order valence-corrected chi connectivity index (χ3v) is 6.52. The van der Waals surface area contributed by atoms with E-state index in [9.17, 15) is 4.79 Å². The summed E-state index contributed by atoms with van der Waals surface area (Å²) >= 11 is 1.39. The highest BCUT2D eigenvalue weighted by molar-refractivity contribution is 7.99. The molecule has 0 atom stereocenters. The molecule has 1 heterocycles. The Morgan fingerprint density at radius 3 is 2.74 bits per heavy atom. The number of fused-ring (bicyclic) bond motifs is 1. The SMILES string of the molecule is CCn1c(COc2ccc3c(c2)CCCC3)nnc1SCC(=O)Nc1ccccc1C. The van der Waals surface area contributed by atoms with Crippen LogP contribution in [-0.2, 0) is 30.8 Å². The number of nitrogens with zero attached hydrogens (tertiary/aromatic N) is 3. The lowest BCUT2D eigenvalue weighted by atomic mass is 9.92. The summed E-state index contributed by atoms with van der Waals surface area (Å²) in [5.41, 5.74) is 4.72. The van der Waals surface area contributed by atoms with E-state index >= 15 is 0 Å². The van der Waals surface area contributed by atoms with Gasteiger partial charge in [0.05, 0.1) is 5.75 Å². The summed E-state index contributed by atoms with van der Waals surface area (Å²) in [5.74, 6) is 1.86. The van der Waals surface area contributed by atoms with Gasteiger partial charge in [-0.05, 0) is 74.4 Å². The molecular weight excluding hydrogens is 408 g/mol. The fraction of sp³-hybridized carbons (Fsp3) is 0.375. The first-order chi connectivity index (χ1) is 15.1. The molecule has 0 unspecified atom stereocenters. The van der Waals surface area contributed by atoms with Crippen LogP contribution >= 0.6 is 11.8 Å². The smallest absolute Gasteiger partial charge is 0.234 e. The van der Waals surface area contributed by atoms with E-state index < -0.39 is 0 Å². The number of anilines is 1. The minimum absolute atomic E-state index is 0.0585. The molecule has 3 aromatic rings. The first-order valence-corrected chi connectivity index (χ1v) is 11.8. The summed E-state index contributed by atoms with van der Waals surface area (Å²) in [6, 6.07) is 14.1. The van der Waals surface area contributed by atoms with Gasteiger partial charge in [-0.15, -0.1) is 10.2 Å². The summed E-state index contributed by atoms with van der Waals surface area (Å²) in [6.07, 6.45) is 4.82. The molecule has 0 bridgehead atoms. The molecule has 0 spiro atoms. The number of para-hydroxylation sites is 1. The number of amides is 1. The van der Waals surface area contributed by atoms with E-state index in [0.29, 0.717) is 6.61 Å². The molecule has 0 fully saturated rings. The lowest BCUT2D eigenvalue weighted by Gasteiger charge is -2.16. The Morgan fingerprint density at radius 1 is 1.13 bits per heavy atom. The molecule has 1 amide bonds. The highest BCUT2D eigenvalue weighted by Gasteiger charge is 2.15. The van der Waals surface area contributed by atoms with Crippen LogP contribution in [0.25, 0.3) is 0 Å². The topological polar surface area (TPSA) is 69.0 Å². The molecule has 0 saturated carbocycles. The number of hydrogen-bond acceptors (Lipinski definition) is 5. The maximum Gasteiger partial charge on any atom is 0.234 e. The number of aromatic nitrogens is 3. The van der Waals surface area contributed by atoms with Gasteiger partial charge in [-0.3, -0.25) is 4.79 Å². The number of rotatable bonds is 8. The Morgan fingerprint density at radius 2 is 1.94 bits per heavy atom. The predicted molar refractivity (Wildman–Crippen MR) is 124 cm³/mol. The Labute approximate surface area is 187 Å². The summed E-state index contributed by atoms with van der Waals surface area (Å²) in [4.78, 5) is 12.4. The van der Waals surface area contributed by atoms with E-state index in [2.05, 4.69) is 27.6 Å². The van der Waals surface area contributed by atoms with Gasteiger partial charge in [0.25, 0.3) is 0 Å². The Hall–Kier alpha value is -2.80. The average molecular weight is 437 g/mol. The molecule has 31 heavy (non-hydrogen) atoms. The van der Waals surface area contributed by atoms with Crippen LogP contribution in [0, 0.1) is 6.92 Å². The van der Waals surface area contributed by atoms with Gasteiger partial charge in [-0.25, -0.2) is 0 Å². The van der Waals surface area contributed by atoms with Crippen LogP contribution in [0.1, 0.15) is 42.3 Å². The van der Waals surface area contributed by atoms with Crippen molar-refractivity contribution < 1.29 is 9.53 Å². The summed E-state index contributed by atoms with van der Waals surface area (Å²) in [6.45, 7) is 5.10. The van der Waals surface area contributed by atoms with Gasteiger partial charge >= 0.3 is 0 Å². The second-order valence-electron chi connectivity index (χ2n) is 7.72. The van der Waals surface area contributed by atoms with Crippen LogP contribution in [0.2, 0.25) is 0 Å². The van der Waals surface area contributed by atoms with E-state index in [1.807, 2.05) is 48.7 Å².